The number of hydrogen-bond donors (Lipinski definition) is 0. The smallest absolute Gasteiger partial charge is 0.274 e. The zero-order valence-electron chi connectivity index (χ0n) is 11.5. The predicted molar refractivity (Wildman–Crippen MR) is 71.9 cm³/mol. The van der Waals surface area contributed by atoms with Crippen LogP contribution in [0.4, 0.5) is 0 Å². The van der Waals surface area contributed by atoms with Crippen LogP contribution in [0.5, 0.6) is 0 Å². The van der Waals surface area contributed by atoms with E-state index < -0.39 is 0 Å². The Balaban J connectivity index is 1.64. The van der Waals surface area contributed by atoms with Gasteiger partial charge in [-0.05, 0) is 18.8 Å². The van der Waals surface area contributed by atoms with Crippen LogP contribution >= 0.6 is 0 Å². The van der Waals surface area contributed by atoms with Crippen molar-refractivity contribution >= 4 is 5.91 Å². The zero-order chi connectivity index (χ0) is 13.9. The van der Waals surface area contributed by atoms with E-state index in [9.17, 15) is 4.79 Å². The maximum atomic E-state index is 12.4. The van der Waals surface area contributed by atoms with Gasteiger partial charge in [0.2, 0.25) is 0 Å². The number of imidazole rings is 1. The molecule has 7 nitrogen and oxygen atoms in total. The Morgan fingerprint density at radius 1 is 1.45 bits per heavy atom. The molecule has 20 heavy (non-hydrogen) atoms. The highest BCUT2D eigenvalue weighted by atomic mass is 16.2. The maximum Gasteiger partial charge on any atom is 0.274 e. The molecule has 2 aromatic heterocycles. The molecule has 0 aromatic carbocycles. The van der Waals surface area contributed by atoms with E-state index in [4.69, 9.17) is 0 Å². The Morgan fingerprint density at radius 2 is 2.35 bits per heavy atom. The Morgan fingerprint density at radius 3 is 3.05 bits per heavy atom. The number of carbonyl (C=O) groups is 1. The average molecular weight is 274 g/mol. The van der Waals surface area contributed by atoms with Gasteiger partial charge in [-0.2, -0.15) is 5.10 Å². The first-order valence-electron chi connectivity index (χ1n) is 6.82. The monoisotopic (exact) mass is 274 g/mol. The maximum absolute atomic E-state index is 12.4. The number of hydrogen-bond acceptors (Lipinski definition) is 4. The Hall–Kier alpha value is -2.18. The van der Waals surface area contributed by atoms with Gasteiger partial charge in [0.05, 0.1) is 6.33 Å². The number of nitrogens with zero attached hydrogens (tertiary/aromatic N) is 6. The van der Waals surface area contributed by atoms with Gasteiger partial charge in [-0.1, -0.05) is 0 Å². The summed E-state index contributed by atoms with van der Waals surface area (Å²) in [6, 6.07) is 0. The molecule has 0 radical (unpaired) electrons. The Bertz CT molecular complexity index is 575. The Kier molecular flexibility index (Phi) is 3.49. The summed E-state index contributed by atoms with van der Waals surface area (Å²) >= 11 is 0. The zero-order valence-corrected chi connectivity index (χ0v) is 11.5. The molecular formula is C13H18N6O. The molecular weight excluding hydrogens is 256 g/mol. The fourth-order valence-corrected chi connectivity index (χ4v) is 2.68. The van der Waals surface area contributed by atoms with Gasteiger partial charge in [0, 0.05) is 32.9 Å². The fourth-order valence-electron chi connectivity index (χ4n) is 2.68. The van der Waals surface area contributed by atoms with Gasteiger partial charge < -0.3 is 9.47 Å². The largest absolute Gasteiger partial charge is 0.340 e. The highest BCUT2D eigenvalue weighted by molar-refractivity contribution is 5.92. The lowest BCUT2D eigenvalue weighted by Gasteiger charge is -2.32. The predicted octanol–water partition coefficient (Wildman–Crippen LogP) is 0.564. The number of carbonyl (C=O) groups excluding carboxylic acids is 1. The minimum absolute atomic E-state index is 0.0221. The molecule has 1 unspecified atom stereocenters. The summed E-state index contributed by atoms with van der Waals surface area (Å²) in [5, 5.41) is 4.13. The first kappa shape index (κ1) is 12.8. The van der Waals surface area contributed by atoms with Crippen molar-refractivity contribution in [2.45, 2.75) is 19.4 Å². The molecule has 0 N–H and O–H groups in total. The van der Waals surface area contributed by atoms with Crippen molar-refractivity contribution in [3.63, 3.8) is 0 Å². The third-order valence-electron chi connectivity index (χ3n) is 3.64. The molecule has 1 atom stereocenters. The number of aryl methyl sites for hydroxylation is 1. The minimum atomic E-state index is 0.0221. The molecule has 7 heteroatoms. The van der Waals surface area contributed by atoms with E-state index >= 15 is 0 Å². The van der Waals surface area contributed by atoms with E-state index in [0.717, 1.165) is 32.5 Å². The molecule has 1 saturated heterocycles. The van der Waals surface area contributed by atoms with Crippen LogP contribution in [-0.2, 0) is 13.6 Å². The van der Waals surface area contributed by atoms with Crippen molar-refractivity contribution in [3.05, 3.63) is 30.9 Å². The molecule has 3 rings (SSSR count). The lowest BCUT2D eigenvalue weighted by atomic mass is 9.98. The number of aromatic nitrogens is 5. The number of piperidine rings is 1. The van der Waals surface area contributed by atoms with Gasteiger partial charge in [-0.25, -0.2) is 9.97 Å². The lowest BCUT2D eigenvalue weighted by Crippen LogP contribution is -2.41. The third-order valence-corrected chi connectivity index (χ3v) is 3.64. The summed E-state index contributed by atoms with van der Waals surface area (Å²) in [6.07, 6.45) is 8.83. The lowest BCUT2D eigenvalue weighted by molar-refractivity contribution is 0.0654. The Labute approximate surface area is 117 Å². The molecule has 0 bridgehead atoms. The van der Waals surface area contributed by atoms with Crippen molar-refractivity contribution in [2.24, 2.45) is 13.0 Å². The van der Waals surface area contributed by atoms with E-state index in [1.807, 2.05) is 16.6 Å². The van der Waals surface area contributed by atoms with E-state index in [-0.39, 0.29) is 5.91 Å². The molecule has 0 aliphatic carbocycles. The van der Waals surface area contributed by atoms with E-state index in [1.165, 1.54) is 0 Å². The molecule has 0 spiro atoms. The molecule has 1 fully saturated rings. The normalized spacial score (nSPS) is 19.2. The van der Waals surface area contributed by atoms with Crippen molar-refractivity contribution in [1.29, 1.82) is 0 Å². The van der Waals surface area contributed by atoms with Crippen LogP contribution in [0.3, 0.4) is 0 Å². The van der Waals surface area contributed by atoms with Crippen LogP contribution < -0.4 is 0 Å². The van der Waals surface area contributed by atoms with Crippen LogP contribution in [0.1, 0.15) is 23.3 Å². The SMILES string of the molecule is Cn1cnc(C(=O)N2CCCC(Cn3cncn3)C2)c1. The van der Waals surface area contributed by atoms with Crippen LogP contribution in [-0.4, -0.2) is 48.2 Å². The average Bonchev–Trinajstić information content (AvgIpc) is 3.10. The van der Waals surface area contributed by atoms with E-state index in [1.54, 1.807) is 29.7 Å². The number of amides is 1. The summed E-state index contributed by atoms with van der Waals surface area (Å²) in [5.41, 5.74) is 0.522. The molecule has 0 saturated carbocycles. The van der Waals surface area contributed by atoms with Crippen LogP contribution in [0.25, 0.3) is 0 Å². The summed E-state index contributed by atoms with van der Waals surface area (Å²) in [6.45, 7) is 2.38. The van der Waals surface area contributed by atoms with Gasteiger partial charge in [0.1, 0.15) is 18.3 Å². The quantitative estimate of drug-likeness (QED) is 0.820. The summed E-state index contributed by atoms with van der Waals surface area (Å²) in [4.78, 5) is 22.4. The molecule has 2 aromatic rings. The van der Waals surface area contributed by atoms with E-state index in [2.05, 4.69) is 15.1 Å². The number of rotatable bonds is 3. The van der Waals surface area contributed by atoms with Gasteiger partial charge in [0.15, 0.2) is 0 Å². The van der Waals surface area contributed by atoms with Crippen LogP contribution in [0.2, 0.25) is 0 Å². The van der Waals surface area contributed by atoms with Crippen LogP contribution in [0, 0.1) is 5.92 Å². The standard InChI is InChI=1S/C13H18N6O/c1-17-7-12(15-10-17)13(20)18-4-2-3-11(5-18)6-19-9-14-8-16-19/h7-11H,2-6H2,1H3. The van der Waals surface area contributed by atoms with E-state index in [0.29, 0.717) is 11.6 Å². The molecule has 1 aliphatic rings. The van der Waals surface area contributed by atoms with Crippen molar-refractivity contribution in [1.82, 2.24) is 29.2 Å². The summed E-state index contributed by atoms with van der Waals surface area (Å²) in [7, 11) is 1.87. The topological polar surface area (TPSA) is 68.8 Å². The van der Waals surface area contributed by atoms with Crippen LogP contribution in [0.15, 0.2) is 25.2 Å². The van der Waals surface area contributed by atoms with Gasteiger partial charge in [-0.15, -0.1) is 0 Å². The van der Waals surface area contributed by atoms with Crippen molar-refractivity contribution in [2.75, 3.05) is 13.1 Å². The van der Waals surface area contributed by atoms with Gasteiger partial charge in [-0.3, -0.25) is 9.48 Å². The molecule has 3 heterocycles. The number of likely N-dealkylation sites (tertiary alicyclic amines) is 1. The summed E-state index contributed by atoms with van der Waals surface area (Å²) < 4.78 is 3.63. The van der Waals surface area contributed by atoms with Gasteiger partial charge in [0.25, 0.3) is 5.91 Å². The highest BCUT2D eigenvalue weighted by Crippen LogP contribution is 2.19. The first-order valence-corrected chi connectivity index (χ1v) is 6.82. The minimum Gasteiger partial charge on any atom is -0.340 e. The second-order valence-corrected chi connectivity index (χ2v) is 5.30. The second-order valence-electron chi connectivity index (χ2n) is 5.30. The van der Waals surface area contributed by atoms with Crippen molar-refractivity contribution < 1.29 is 4.79 Å². The highest BCUT2D eigenvalue weighted by Gasteiger charge is 2.25. The van der Waals surface area contributed by atoms with Crippen molar-refractivity contribution in [3.8, 4) is 0 Å². The van der Waals surface area contributed by atoms with Gasteiger partial charge >= 0.3 is 0 Å². The molecule has 1 amide bonds. The third kappa shape index (κ3) is 2.71. The fraction of sp³-hybridized carbons (Fsp3) is 0.538. The first-order chi connectivity index (χ1) is 9.72. The molecule has 106 valence electrons. The second kappa shape index (κ2) is 5.44. The summed E-state index contributed by atoms with van der Waals surface area (Å²) in [5.74, 6) is 0.451. The molecule has 1 aliphatic heterocycles.